The number of nitriles is 1. The van der Waals surface area contributed by atoms with Crippen molar-refractivity contribution in [2.24, 2.45) is 0 Å². The van der Waals surface area contributed by atoms with E-state index in [1.165, 1.54) is 6.08 Å². The van der Waals surface area contributed by atoms with E-state index in [0.717, 1.165) is 23.4 Å². The third-order valence-corrected chi connectivity index (χ3v) is 6.16. The smallest absolute Gasteiger partial charge is 0.245 e. The van der Waals surface area contributed by atoms with Crippen LogP contribution in [-0.2, 0) is 4.79 Å². The molecule has 2 aromatic carbocycles. The molecule has 10 heteroatoms. The van der Waals surface area contributed by atoms with Crippen molar-refractivity contribution < 1.29 is 4.79 Å². The topological polar surface area (TPSA) is 71.4 Å². The number of anilines is 2. The lowest BCUT2D eigenvalue weighted by atomic mass is 10.1. The summed E-state index contributed by atoms with van der Waals surface area (Å²) >= 11 is 24.6. The Hall–Kier alpha value is -2.50. The fourth-order valence-corrected chi connectivity index (χ4v) is 4.39. The fourth-order valence-electron chi connectivity index (χ4n) is 3.49. The highest BCUT2D eigenvalue weighted by Gasteiger charge is 2.42. The van der Waals surface area contributed by atoms with Crippen molar-refractivity contribution in [2.75, 3.05) is 30.4 Å². The first-order chi connectivity index (χ1) is 15.7. The SMILES string of the molecule is CNc1ccccc1N1CCCN(C(NC(=O)/C=C/c2ccc(C#N)cc2)C(Cl)(Cl)Cl)C1=S. The molecule has 0 aromatic heterocycles. The molecule has 2 N–H and O–H groups in total. The van der Waals surface area contributed by atoms with Crippen molar-refractivity contribution in [3.8, 4) is 6.07 Å². The molecule has 0 aliphatic carbocycles. The molecule has 0 spiro atoms. The van der Waals surface area contributed by atoms with E-state index in [9.17, 15) is 4.79 Å². The van der Waals surface area contributed by atoms with Crippen LogP contribution in [0.5, 0.6) is 0 Å². The lowest BCUT2D eigenvalue weighted by Crippen LogP contribution is -2.62. The van der Waals surface area contributed by atoms with E-state index < -0.39 is 15.9 Å². The zero-order valence-corrected chi connectivity index (χ0v) is 20.8. The van der Waals surface area contributed by atoms with Gasteiger partial charge in [0.2, 0.25) is 9.70 Å². The van der Waals surface area contributed by atoms with Crippen LogP contribution >= 0.6 is 47.0 Å². The maximum Gasteiger partial charge on any atom is 0.245 e. The average molecular weight is 523 g/mol. The number of amides is 1. The molecule has 1 aliphatic heterocycles. The molecule has 1 aliphatic rings. The summed E-state index contributed by atoms with van der Waals surface area (Å²) in [7, 11) is 1.84. The van der Waals surface area contributed by atoms with Crippen LogP contribution in [0.2, 0.25) is 0 Å². The highest BCUT2D eigenvalue weighted by Crippen LogP contribution is 2.35. The summed E-state index contributed by atoms with van der Waals surface area (Å²) in [6.45, 7) is 1.22. The molecule has 0 radical (unpaired) electrons. The summed E-state index contributed by atoms with van der Waals surface area (Å²) in [4.78, 5) is 16.4. The van der Waals surface area contributed by atoms with Gasteiger partial charge in [0.15, 0.2) is 11.3 Å². The molecular formula is C23H22Cl3N5OS. The number of hydrogen-bond donors (Lipinski definition) is 2. The second-order valence-corrected chi connectivity index (χ2v) is 10.0. The predicted molar refractivity (Wildman–Crippen MR) is 140 cm³/mol. The van der Waals surface area contributed by atoms with Gasteiger partial charge in [-0.3, -0.25) is 4.79 Å². The Morgan fingerprint density at radius 3 is 2.52 bits per heavy atom. The van der Waals surface area contributed by atoms with Crippen molar-refractivity contribution in [3.05, 3.63) is 65.7 Å². The van der Waals surface area contributed by atoms with Crippen molar-refractivity contribution >= 4 is 75.5 Å². The third kappa shape index (κ3) is 6.30. The minimum Gasteiger partial charge on any atom is -0.386 e. The van der Waals surface area contributed by atoms with E-state index in [1.807, 2.05) is 36.2 Å². The standard InChI is InChI=1S/C23H22Cl3N5OS/c1-28-18-5-2-3-6-19(18)30-13-4-14-31(22(30)33)21(23(24,25)26)29-20(32)12-11-16-7-9-17(15-27)10-8-16/h2-3,5-12,21,28H,4,13-14H2,1H3,(H,29,32)/b12-11+. The molecular weight excluding hydrogens is 501 g/mol. The molecule has 1 heterocycles. The second-order valence-electron chi connectivity index (χ2n) is 7.27. The van der Waals surface area contributed by atoms with E-state index in [-0.39, 0.29) is 0 Å². The number of carbonyl (C=O) groups is 1. The number of para-hydroxylation sites is 2. The Balaban J connectivity index is 1.79. The summed E-state index contributed by atoms with van der Waals surface area (Å²) in [5.41, 5.74) is 3.13. The molecule has 1 amide bonds. The Labute approximate surface area is 213 Å². The summed E-state index contributed by atoms with van der Waals surface area (Å²) < 4.78 is -1.83. The number of thiocarbonyl (C=S) groups is 1. The lowest BCUT2D eigenvalue weighted by Gasteiger charge is -2.44. The van der Waals surface area contributed by atoms with E-state index in [2.05, 4.69) is 16.7 Å². The summed E-state index contributed by atoms with van der Waals surface area (Å²) in [6, 6.07) is 16.7. The number of nitrogens with one attached hydrogen (secondary N) is 2. The predicted octanol–water partition coefficient (Wildman–Crippen LogP) is 4.92. The van der Waals surface area contributed by atoms with Gasteiger partial charge in [0, 0.05) is 26.2 Å². The van der Waals surface area contributed by atoms with Gasteiger partial charge in [-0.25, -0.2) is 0 Å². The number of nitrogens with zero attached hydrogens (tertiary/aromatic N) is 3. The van der Waals surface area contributed by atoms with Gasteiger partial charge in [-0.05, 0) is 54.5 Å². The first-order valence-corrected chi connectivity index (χ1v) is 11.7. The quantitative estimate of drug-likeness (QED) is 0.319. The van der Waals surface area contributed by atoms with Gasteiger partial charge in [-0.1, -0.05) is 59.1 Å². The van der Waals surface area contributed by atoms with Crippen LogP contribution in [0, 0.1) is 11.3 Å². The van der Waals surface area contributed by atoms with Gasteiger partial charge in [0.25, 0.3) is 0 Å². The van der Waals surface area contributed by atoms with Gasteiger partial charge < -0.3 is 20.4 Å². The second kappa shape index (κ2) is 11.1. The largest absolute Gasteiger partial charge is 0.386 e. The van der Waals surface area contributed by atoms with Crippen LogP contribution in [0.3, 0.4) is 0 Å². The molecule has 33 heavy (non-hydrogen) atoms. The van der Waals surface area contributed by atoms with Crippen LogP contribution in [0.4, 0.5) is 11.4 Å². The Bertz CT molecular complexity index is 1080. The zero-order valence-electron chi connectivity index (χ0n) is 17.8. The number of carbonyl (C=O) groups excluding carboxylic acids is 1. The molecule has 172 valence electrons. The molecule has 1 saturated heterocycles. The van der Waals surface area contributed by atoms with E-state index in [1.54, 1.807) is 35.2 Å². The van der Waals surface area contributed by atoms with Gasteiger partial charge in [0.1, 0.15) is 0 Å². The van der Waals surface area contributed by atoms with Crippen LogP contribution in [0.25, 0.3) is 6.08 Å². The molecule has 1 atom stereocenters. The van der Waals surface area contributed by atoms with Crippen LogP contribution in [0.1, 0.15) is 17.5 Å². The van der Waals surface area contributed by atoms with E-state index in [0.29, 0.717) is 23.8 Å². The Morgan fingerprint density at radius 2 is 1.88 bits per heavy atom. The normalized spacial score (nSPS) is 15.3. The number of benzene rings is 2. The van der Waals surface area contributed by atoms with Crippen LogP contribution < -0.4 is 15.5 Å². The Morgan fingerprint density at radius 1 is 1.18 bits per heavy atom. The monoisotopic (exact) mass is 521 g/mol. The summed E-state index contributed by atoms with van der Waals surface area (Å²) in [5.74, 6) is -0.439. The first-order valence-electron chi connectivity index (χ1n) is 10.1. The average Bonchev–Trinajstić information content (AvgIpc) is 2.81. The maximum absolute atomic E-state index is 12.7. The van der Waals surface area contributed by atoms with Crippen molar-refractivity contribution in [1.82, 2.24) is 10.2 Å². The van der Waals surface area contributed by atoms with E-state index >= 15 is 0 Å². The van der Waals surface area contributed by atoms with Gasteiger partial charge >= 0.3 is 0 Å². The Kier molecular flexibility index (Phi) is 8.44. The number of rotatable bonds is 6. The first kappa shape index (κ1) is 25.1. The molecule has 1 fully saturated rings. The maximum atomic E-state index is 12.7. The highest BCUT2D eigenvalue weighted by atomic mass is 35.6. The minimum atomic E-state index is -1.83. The number of alkyl halides is 3. The summed E-state index contributed by atoms with van der Waals surface area (Å²) in [5, 5.41) is 15.3. The number of hydrogen-bond acceptors (Lipinski definition) is 4. The molecule has 0 bridgehead atoms. The van der Waals surface area contributed by atoms with Crippen LogP contribution in [0.15, 0.2) is 54.6 Å². The van der Waals surface area contributed by atoms with Crippen molar-refractivity contribution in [2.45, 2.75) is 16.4 Å². The van der Waals surface area contributed by atoms with Gasteiger partial charge in [-0.2, -0.15) is 5.26 Å². The molecule has 1 unspecified atom stereocenters. The van der Waals surface area contributed by atoms with Gasteiger partial charge in [-0.15, -0.1) is 0 Å². The third-order valence-electron chi connectivity index (χ3n) is 5.09. The molecule has 6 nitrogen and oxygen atoms in total. The molecule has 3 rings (SSSR count). The molecule has 2 aromatic rings. The van der Waals surface area contributed by atoms with Crippen molar-refractivity contribution in [1.29, 1.82) is 5.26 Å². The fraction of sp³-hybridized carbons (Fsp3) is 0.261. The van der Waals surface area contributed by atoms with Gasteiger partial charge in [0.05, 0.1) is 23.0 Å². The highest BCUT2D eigenvalue weighted by molar-refractivity contribution is 7.80. The zero-order chi connectivity index (χ0) is 24.0. The van der Waals surface area contributed by atoms with Crippen LogP contribution in [-0.4, -0.2) is 46.0 Å². The van der Waals surface area contributed by atoms with Crippen molar-refractivity contribution in [3.63, 3.8) is 0 Å². The summed E-state index contributed by atoms with van der Waals surface area (Å²) in [6.07, 6.45) is 2.76. The minimum absolute atomic E-state index is 0.439. The van der Waals surface area contributed by atoms with E-state index in [4.69, 9.17) is 52.3 Å². The lowest BCUT2D eigenvalue weighted by molar-refractivity contribution is -0.117. The molecule has 0 saturated carbocycles. The number of halogens is 3.